The molecule has 1 N–H and O–H groups in total. The van der Waals surface area contributed by atoms with E-state index in [1.165, 1.54) is 16.0 Å². The summed E-state index contributed by atoms with van der Waals surface area (Å²) in [5.74, 6) is 0. The molecule has 0 aliphatic carbocycles. The number of hydrogen-bond donors (Lipinski definition) is 1. The smallest absolute Gasteiger partial charge is 0.0302 e. The van der Waals surface area contributed by atoms with Gasteiger partial charge in [0.15, 0.2) is 0 Å². The number of aryl methyl sites for hydroxylation is 1. The van der Waals surface area contributed by atoms with Crippen molar-refractivity contribution in [1.29, 1.82) is 0 Å². The first kappa shape index (κ1) is 15.2. The van der Waals surface area contributed by atoms with Gasteiger partial charge < -0.3 is 5.32 Å². The van der Waals surface area contributed by atoms with Crippen LogP contribution in [0.1, 0.15) is 22.9 Å². The fourth-order valence-electron chi connectivity index (χ4n) is 2.21. The van der Waals surface area contributed by atoms with E-state index in [-0.39, 0.29) is 0 Å². The minimum Gasteiger partial charge on any atom is -0.311 e. The second kappa shape index (κ2) is 8.20. The molecule has 2 rings (SSSR count). The van der Waals surface area contributed by atoms with E-state index in [0.717, 1.165) is 32.7 Å². The van der Waals surface area contributed by atoms with Crippen molar-refractivity contribution in [1.82, 2.24) is 10.2 Å². The normalized spacial score (nSPS) is 11.2. The molecule has 2 nitrogen and oxygen atoms in total. The summed E-state index contributed by atoms with van der Waals surface area (Å²) in [5.41, 5.74) is 2.79. The molecule has 0 radical (unpaired) electrons. The van der Waals surface area contributed by atoms with E-state index in [2.05, 4.69) is 65.8 Å². The molecule has 0 amide bonds. The summed E-state index contributed by atoms with van der Waals surface area (Å²) in [4.78, 5) is 3.93. The van der Waals surface area contributed by atoms with Gasteiger partial charge in [0.1, 0.15) is 0 Å². The Balaban J connectivity index is 1.70. The van der Waals surface area contributed by atoms with E-state index in [1.54, 1.807) is 0 Å². The van der Waals surface area contributed by atoms with Gasteiger partial charge in [0, 0.05) is 31.1 Å². The largest absolute Gasteiger partial charge is 0.311 e. The zero-order valence-corrected chi connectivity index (χ0v) is 13.2. The molecule has 1 aromatic carbocycles. The number of thiophene rings is 1. The molecular weight excluding hydrogens is 264 g/mol. The van der Waals surface area contributed by atoms with Crippen LogP contribution in [-0.2, 0) is 13.1 Å². The third-order valence-electron chi connectivity index (χ3n) is 3.55. The minimum absolute atomic E-state index is 0.992. The van der Waals surface area contributed by atoms with E-state index in [9.17, 15) is 0 Å². The molecule has 0 bridgehead atoms. The Labute approximate surface area is 126 Å². The molecule has 0 fully saturated rings. The van der Waals surface area contributed by atoms with Crippen LogP contribution in [0.15, 0.2) is 41.8 Å². The molecule has 108 valence electrons. The molecule has 0 saturated heterocycles. The second-order valence-corrected chi connectivity index (χ2v) is 6.06. The summed E-state index contributed by atoms with van der Waals surface area (Å²) in [5, 5.41) is 5.71. The topological polar surface area (TPSA) is 15.3 Å². The number of nitrogens with zero attached hydrogens (tertiary/aromatic N) is 1. The maximum Gasteiger partial charge on any atom is 0.0302 e. The average Bonchev–Trinajstić information content (AvgIpc) is 2.89. The number of rotatable bonds is 8. The number of nitrogens with one attached hydrogen (secondary N) is 1. The van der Waals surface area contributed by atoms with Crippen molar-refractivity contribution < 1.29 is 0 Å². The van der Waals surface area contributed by atoms with Crippen LogP contribution in [0, 0.1) is 6.92 Å². The van der Waals surface area contributed by atoms with Gasteiger partial charge >= 0.3 is 0 Å². The van der Waals surface area contributed by atoms with E-state index in [0.29, 0.717) is 0 Å². The van der Waals surface area contributed by atoms with E-state index in [1.807, 2.05) is 11.3 Å². The van der Waals surface area contributed by atoms with Gasteiger partial charge in [-0.3, -0.25) is 4.90 Å². The first-order chi connectivity index (χ1) is 9.79. The van der Waals surface area contributed by atoms with Crippen LogP contribution in [0.4, 0.5) is 0 Å². The molecule has 0 saturated carbocycles. The van der Waals surface area contributed by atoms with Crippen LogP contribution in [0.3, 0.4) is 0 Å². The summed E-state index contributed by atoms with van der Waals surface area (Å²) in [6.07, 6.45) is 0. The van der Waals surface area contributed by atoms with Gasteiger partial charge in [-0.25, -0.2) is 0 Å². The summed E-state index contributed by atoms with van der Waals surface area (Å²) in [6, 6.07) is 12.9. The Morgan fingerprint density at radius 1 is 1.15 bits per heavy atom. The maximum atomic E-state index is 3.55. The Morgan fingerprint density at radius 3 is 2.60 bits per heavy atom. The lowest BCUT2D eigenvalue weighted by Gasteiger charge is -2.20. The molecule has 2 aromatic rings. The van der Waals surface area contributed by atoms with E-state index in [4.69, 9.17) is 0 Å². The predicted molar refractivity (Wildman–Crippen MR) is 88.2 cm³/mol. The lowest BCUT2D eigenvalue weighted by Crippen LogP contribution is -2.31. The molecule has 0 atom stereocenters. The summed E-state index contributed by atoms with van der Waals surface area (Å²) < 4.78 is 0. The lowest BCUT2D eigenvalue weighted by molar-refractivity contribution is 0.279. The van der Waals surface area contributed by atoms with Crippen LogP contribution in [0.5, 0.6) is 0 Å². The van der Waals surface area contributed by atoms with Crippen LogP contribution < -0.4 is 5.32 Å². The Hall–Kier alpha value is -1.16. The van der Waals surface area contributed by atoms with Crippen molar-refractivity contribution in [2.75, 3.05) is 19.6 Å². The van der Waals surface area contributed by atoms with Gasteiger partial charge in [0.05, 0.1) is 0 Å². The molecule has 1 aromatic heterocycles. The highest BCUT2D eigenvalue weighted by atomic mass is 32.1. The van der Waals surface area contributed by atoms with Gasteiger partial charge in [0.25, 0.3) is 0 Å². The first-order valence-corrected chi connectivity index (χ1v) is 8.17. The predicted octanol–water partition coefficient (Wildman–Crippen LogP) is 3.67. The highest BCUT2D eigenvalue weighted by Gasteiger charge is 2.04. The maximum absolute atomic E-state index is 3.55. The van der Waals surface area contributed by atoms with Crippen molar-refractivity contribution in [3.63, 3.8) is 0 Å². The number of likely N-dealkylation sites (N-methyl/N-ethyl adjacent to an activating group) is 1. The molecule has 1 heterocycles. The molecule has 0 spiro atoms. The van der Waals surface area contributed by atoms with Crippen molar-refractivity contribution in [2.24, 2.45) is 0 Å². The minimum atomic E-state index is 0.992. The highest BCUT2D eigenvalue weighted by molar-refractivity contribution is 7.10. The van der Waals surface area contributed by atoms with Crippen LogP contribution in [0.2, 0.25) is 0 Å². The third kappa shape index (κ3) is 4.75. The standard InChI is InChI=1S/C17H24N2S/c1-3-19(14-16-7-5-4-6-8-16)11-10-18-13-17-15(2)9-12-20-17/h4-9,12,18H,3,10-11,13-14H2,1-2H3. The highest BCUT2D eigenvalue weighted by Crippen LogP contribution is 2.14. The summed E-state index contributed by atoms with van der Waals surface area (Å²) in [6.45, 7) is 9.67. The second-order valence-electron chi connectivity index (χ2n) is 5.06. The fourth-order valence-corrected chi connectivity index (χ4v) is 3.09. The lowest BCUT2D eigenvalue weighted by atomic mass is 10.2. The van der Waals surface area contributed by atoms with Gasteiger partial charge in [-0.05, 0) is 36.0 Å². The van der Waals surface area contributed by atoms with Crippen molar-refractivity contribution in [3.05, 3.63) is 57.8 Å². The average molecular weight is 288 g/mol. The van der Waals surface area contributed by atoms with Crippen LogP contribution >= 0.6 is 11.3 Å². The molecule has 0 aliphatic heterocycles. The Morgan fingerprint density at radius 2 is 1.95 bits per heavy atom. The summed E-state index contributed by atoms with van der Waals surface area (Å²) >= 11 is 1.84. The zero-order chi connectivity index (χ0) is 14.2. The van der Waals surface area contributed by atoms with Gasteiger partial charge in [-0.15, -0.1) is 11.3 Å². The van der Waals surface area contributed by atoms with Gasteiger partial charge in [-0.2, -0.15) is 0 Å². The number of benzene rings is 1. The zero-order valence-electron chi connectivity index (χ0n) is 12.4. The van der Waals surface area contributed by atoms with Gasteiger partial charge in [-0.1, -0.05) is 37.3 Å². The quantitative estimate of drug-likeness (QED) is 0.746. The van der Waals surface area contributed by atoms with Crippen molar-refractivity contribution in [2.45, 2.75) is 26.9 Å². The molecule has 20 heavy (non-hydrogen) atoms. The summed E-state index contributed by atoms with van der Waals surface area (Å²) in [7, 11) is 0. The fraction of sp³-hybridized carbons (Fsp3) is 0.412. The van der Waals surface area contributed by atoms with Crippen LogP contribution in [0.25, 0.3) is 0 Å². The van der Waals surface area contributed by atoms with E-state index < -0.39 is 0 Å². The van der Waals surface area contributed by atoms with Crippen molar-refractivity contribution in [3.8, 4) is 0 Å². The first-order valence-electron chi connectivity index (χ1n) is 7.29. The molecular formula is C17H24N2S. The van der Waals surface area contributed by atoms with Gasteiger partial charge in [0.2, 0.25) is 0 Å². The third-order valence-corrected chi connectivity index (χ3v) is 4.58. The van der Waals surface area contributed by atoms with E-state index >= 15 is 0 Å². The Kier molecular flexibility index (Phi) is 6.25. The molecule has 0 aliphatic rings. The number of hydrogen-bond acceptors (Lipinski definition) is 3. The SMILES string of the molecule is CCN(CCNCc1sccc1C)Cc1ccccc1. The monoisotopic (exact) mass is 288 g/mol. The van der Waals surface area contributed by atoms with Crippen molar-refractivity contribution >= 4 is 11.3 Å². The molecule has 0 unspecified atom stereocenters. The molecule has 3 heteroatoms. The Bertz CT molecular complexity index is 493. The van der Waals surface area contributed by atoms with Crippen LogP contribution in [-0.4, -0.2) is 24.5 Å².